The Hall–Kier alpha value is -3.60. The van der Waals surface area contributed by atoms with Crippen LogP contribution in [0, 0.1) is 17.6 Å². The van der Waals surface area contributed by atoms with Crippen LogP contribution in [0.1, 0.15) is 16.9 Å². The Kier molecular flexibility index (Phi) is 6.47. The maximum atomic E-state index is 14.4. The maximum absolute atomic E-state index is 14.4. The van der Waals surface area contributed by atoms with Gasteiger partial charge in [-0.25, -0.2) is 13.8 Å². The molecule has 1 amide bonds. The zero-order chi connectivity index (χ0) is 24.5. The van der Waals surface area contributed by atoms with Gasteiger partial charge in [0.2, 0.25) is 0 Å². The zero-order valence-electron chi connectivity index (χ0n) is 17.7. The number of alkyl halides is 3. The van der Waals surface area contributed by atoms with E-state index < -0.39 is 41.4 Å². The Bertz CT molecular complexity index is 1200. The molecule has 1 aliphatic rings. The van der Waals surface area contributed by atoms with Gasteiger partial charge in [0.15, 0.2) is 11.5 Å². The van der Waals surface area contributed by atoms with Gasteiger partial charge < -0.3 is 16.0 Å². The summed E-state index contributed by atoms with van der Waals surface area (Å²) in [6, 6.07) is 8.65. The molecule has 11 heteroatoms. The number of hydrogen-bond acceptors (Lipinski definition) is 5. The van der Waals surface area contributed by atoms with Gasteiger partial charge in [0.1, 0.15) is 5.82 Å². The standard InChI is InChI=1S/C23H20F5N5O/c24-16-4-2-1-3-15(16)18-6-5-17(25)21(31-18)22(34)32-19-10-30-8-7-20(19)33-11-13(23(26,27)28)9-14(29)12-33/h1-8,10,13-14H,9,11-12,29H2,(H,32,34). The third-order valence-electron chi connectivity index (χ3n) is 5.54. The molecule has 6 nitrogen and oxygen atoms in total. The second-order valence-corrected chi connectivity index (χ2v) is 7.99. The first-order chi connectivity index (χ1) is 16.1. The Balaban J connectivity index is 1.62. The number of hydrogen-bond donors (Lipinski definition) is 2. The molecule has 0 saturated carbocycles. The molecule has 1 saturated heterocycles. The summed E-state index contributed by atoms with van der Waals surface area (Å²) in [4.78, 5) is 22.2. The summed E-state index contributed by atoms with van der Waals surface area (Å²) in [5.74, 6) is -4.13. The lowest BCUT2D eigenvalue weighted by Gasteiger charge is -2.39. The molecule has 4 rings (SSSR count). The van der Waals surface area contributed by atoms with Crippen molar-refractivity contribution in [2.24, 2.45) is 11.7 Å². The molecule has 0 aliphatic carbocycles. The largest absolute Gasteiger partial charge is 0.393 e. The number of aromatic nitrogens is 2. The summed E-state index contributed by atoms with van der Waals surface area (Å²) in [6.45, 7) is -0.214. The van der Waals surface area contributed by atoms with Gasteiger partial charge in [-0.2, -0.15) is 13.2 Å². The van der Waals surface area contributed by atoms with E-state index in [-0.39, 0.29) is 42.1 Å². The van der Waals surface area contributed by atoms with Crippen molar-refractivity contribution in [1.29, 1.82) is 0 Å². The summed E-state index contributed by atoms with van der Waals surface area (Å²) in [6.07, 6.45) is -2.02. The number of nitrogens with two attached hydrogens (primary N) is 1. The van der Waals surface area contributed by atoms with Crippen LogP contribution in [0.3, 0.4) is 0 Å². The molecule has 2 unspecified atom stereocenters. The van der Waals surface area contributed by atoms with Crippen LogP contribution in [-0.4, -0.2) is 41.2 Å². The quantitative estimate of drug-likeness (QED) is 0.545. The lowest BCUT2D eigenvalue weighted by atomic mass is 9.93. The Morgan fingerprint density at radius 1 is 1.06 bits per heavy atom. The second kappa shape index (κ2) is 9.34. The minimum Gasteiger partial charge on any atom is -0.368 e. The molecule has 34 heavy (non-hydrogen) atoms. The van der Waals surface area contributed by atoms with Crippen LogP contribution >= 0.6 is 0 Å². The molecule has 0 spiro atoms. The van der Waals surface area contributed by atoms with E-state index in [9.17, 15) is 26.7 Å². The summed E-state index contributed by atoms with van der Waals surface area (Å²) in [5.41, 5.74) is 5.72. The first-order valence-corrected chi connectivity index (χ1v) is 10.4. The molecule has 3 heterocycles. The number of nitrogens with one attached hydrogen (secondary N) is 1. The molecule has 0 radical (unpaired) electrons. The summed E-state index contributed by atoms with van der Waals surface area (Å²) >= 11 is 0. The third-order valence-corrected chi connectivity index (χ3v) is 5.54. The van der Waals surface area contributed by atoms with Gasteiger partial charge in [0.05, 0.1) is 29.2 Å². The fourth-order valence-corrected chi connectivity index (χ4v) is 3.93. The summed E-state index contributed by atoms with van der Waals surface area (Å²) in [5, 5.41) is 2.47. The van der Waals surface area contributed by atoms with E-state index in [2.05, 4.69) is 15.3 Å². The number of halogens is 5. The first-order valence-electron chi connectivity index (χ1n) is 10.4. The van der Waals surface area contributed by atoms with E-state index in [4.69, 9.17) is 5.73 Å². The molecule has 1 aromatic carbocycles. The highest BCUT2D eigenvalue weighted by molar-refractivity contribution is 6.05. The van der Waals surface area contributed by atoms with Crippen LogP contribution in [-0.2, 0) is 0 Å². The predicted molar refractivity (Wildman–Crippen MR) is 116 cm³/mol. The number of carbonyl (C=O) groups excluding carboxylic acids is 1. The lowest BCUT2D eigenvalue weighted by Crippen LogP contribution is -2.51. The number of benzene rings is 1. The fourth-order valence-electron chi connectivity index (χ4n) is 3.93. The van der Waals surface area contributed by atoms with Gasteiger partial charge in [-0.1, -0.05) is 12.1 Å². The van der Waals surface area contributed by atoms with Crippen molar-refractivity contribution in [2.45, 2.75) is 18.6 Å². The Labute approximate surface area is 191 Å². The number of piperidine rings is 1. The predicted octanol–water partition coefficient (Wildman–Crippen LogP) is 4.39. The monoisotopic (exact) mass is 477 g/mol. The van der Waals surface area contributed by atoms with Gasteiger partial charge in [0, 0.05) is 30.9 Å². The van der Waals surface area contributed by atoms with Crippen molar-refractivity contribution >= 4 is 17.3 Å². The zero-order valence-corrected chi connectivity index (χ0v) is 17.7. The number of pyridine rings is 2. The molecule has 1 fully saturated rings. The van der Waals surface area contributed by atoms with Crippen LogP contribution in [0.4, 0.5) is 33.3 Å². The van der Waals surface area contributed by atoms with Gasteiger partial charge in [-0.3, -0.25) is 9.78 Å². The number of nitrogens with zero attached hydrogens (tertiary/aromatic N) is 3. The van der Waals surface area contributed by atoms with Crippen molar-refractivity contribution in [3.63, 3.8) is 0 Å². The number of carbonyl (C=O) groups is 1. The van der Waals surface area contributed by atoms with E-state index in [1.165, 1.54) is 47.6 Å². The summed E-state index contributed by atoms with van der Waals surface area (Å²) < 4.78 is 68.6. The highest BCUT2D eigenvalue weighted by Crippen LogP contribution is 2.36. The number of rotatable bonds is 4. The number of anilines is 2. The minimum absolute atomic E-state index is 0.0473. The lowest BCUT2D eigenvalue weighted by molar-refractivity contribution is -0.177. The van der Waals surface area contributed by atoms with E-state index in [0.717, 1.165) is 6.07 Å². The van der Waals surface area contributed by atoms with Crippen LogP contribution < -0.4 is 16.0 Å². The topological polar surface area (TPSA) is 84.1 Å². The highest BCUT2D eigenvalue weighted by atomic mass is 19.4. The average Bonchev–Trinajstić information content (AvgIpc) is 2.79. The summed E-state index contributed by atoms with van der Waals surface area (Å²) in [7, 11) is 0. The molecule has 2 aromatic heterocycles. The fraction of sp³-hybridized carbons (Fsp3) is 0.261. The van der Waals surface area contributed by atoms with Crippen LogP contribution in [0.5, 0.6) is 0 Å². The van der Waals surface area contributed by atoms with Gasteiger partial charge >= 0.3 is 6.18 Å². The maximum Gasteiger partial charge on any atom is 0.393 e. The normalized spacial score (nSPS) is 18.6. The van der Waals surface area contributed by atoms with Crippen LogP contribution in [0.2, 0.25) is 0 Å². The first kappa shape index (κ1) is 23.6. The van der Waals surface area contributed by atoms with E-state index in [0.29, 0.717) is 0 Å². The van der Waals surface area contributed by atoms with Gasteiger partial charge in [-0.15, -0.1) is 0 Å². The number of amides is 1. The van der Waals surface area contributed by atoms with Gasteiger partial charge in [0.25, 0.3) is 5.91 Å². The molecule has 0 bridgehead atoms. The van der Waals surface area contributed by atoms with E-state index >= 15 is 0 Å². The highest BCUT2D eigenvalue weighted by Gasteiger charge is 2.44. The van der Waals surface area contributed by atoms with Crippen molar-refractivity contribution in [2.75, 3.05) is 23.3 Å². The molecular weight excluding hydrogens is 457 g/mol. The third kappa shape index (κ3) is 4.98. The molecule has 3 aromatic rings. The SMILES string of the molecule is NC1CC(C(F)(F)F)CN(c2ccncc2NC(=O)c2nc(-c3ccccc3F)ccc2F)C1. The van der Waals surface area contributed by atoms with Crippen molar-refractivity contribution in [3.05, 3.63) is 72.2 Å². The minimum atomic E-state index is -4.42. The molecule has 3 N–H and O–H groups in total. The molecule has 1 aliphatic heterocycles. The van der Waals surface area contributed by atoms with Crippen molar-refractivity contribution in [1.82, 2.24) is 9.97 Å². The van der Waals surface area contributed by atoms with Crippen LogP contribution in [0.25, 0.3) is 11.3 Å². The average molecular weight is 477 g/mol. The van der Waals surface area contributed by atoms with Crippen molar-refractivity contribution < 1.29 is 26.7 Å². The molecule has 178 valence electrons. The Morgan fingerprint density at radius 3 is 2.56 bits per heavy atom. The van der Waals surface area contributed by atoms with E-state index in [1.807, 2.05) is 0 Å². The van der Waals surface area contributed by atoms with Gasteiger partial charge in [-0.05, 0) is 36.8 Å². The molecule has 2 atom stereocenters. The van der Waals surface area contributed by atoms with Crippen LogP contribution in [0.15, 0.2) is 54.9 Å². The van der Waals surface area contributed by atoms with E-state index in [1.54, 1.807) is 6.07 Å². The molecular formula is C23H20F5N5O. The Morgan fingerprint density at radius 2 is 1.82 bits per heavy atom. The second-order valence-electron chi connectivity index (χ2n) is 7.99. The van der Waals surface area contributed by atoms with Crippen molar-refractivity contribution in [3.8, 4) is 11.3 Å². The smallest absolute Gasteiger partial charge is 0.368 e.